The van der Waals surface area contributed by atoms with Gasteiger partial charge in [0.05, 0.1) is 0 Å². The number of nitrogens with two attached hydrogens (primary N) is 1. The topological polar surface area (TPSA) is 90.9 Å². The highest BCUT2D eigenvalue weighted by Crippen LogP contribution is 2.49. The molecule has 4 unspecified atom stereocenters. The van der Waals surface area contributed by atoms with Crippen molar-refractivity contribution in [2.24, 2.45) is 17.8 Å². The van der Waals surface area contributed by atoms with Crippen LogP contribution < -0.4 is 16.4 Å². The molecule has 2 fully saturated rings. The van der Waals surface area contributed by atoms with Crippen LogP contribution in [0.2, 0.25) is 0 Å². The minimum Gasteiger partial charge on any atom is -0.399 e. The summed E-state index contributed by atoms with van der Waals surface area (Å²) < 4.78 is 0. The Balaban J connectivity index is 1.58. The summed E-state index contributed by atoms with van der Waals surface area (Å²) in [5, 5.41) is 15.2. The van der Waals surface area contributed by atoms with Crippen molar-refractivity contribution in [3.63, 3.8) is 0 Å². The molecule has 0 radical (unpaired) electrons. The molecular weight excluding hydrogens is 300 g/mol. The molecule has 1 aromatic carbocycles. The third kappa shape index (κ3) is 3.53. The van der Waals surface area contributed by atoms with E-state index in [9.17, 15) is 10.1 Å². The molecule has 2 saturated carbocycles. The number of amides is 1. The molecule has 4 N–H and O–H groups in total. The molecule has 2 aliphatic rings. The number of nitriles is 1. The van der Waals surface area contributed by atoms with Crippen LogP contribution in [-0.4, -0.2) is 11.9 Å². The van der Waals surface area contributed by atoms with Crippen LogP contribution in [-0.2, 0) is 4.79 Å². The van der Waals surface area contributed by atoms with Crippen molar-refractivity contribution in [1.82, 2.24) is 5.32 Å². The molecule has 0 heterocycles. The number of benzene rings is 1. The van der Waals surface area contributed by atoms with Gasteiger partial charge in [-0.3, -0.25) is 4.79 Å². The molecule has 126 valence electrons. The predicted octanol–water partition coefficient (Wildman–Crippen LogP) is 3.03. The second-order valence-electron chi connectivity index (χ2n) is 7.04. The smallest absolute Gasteiger partial charge is 0.267 e. The summed E-state index contributed by atoms with van der Waals surface area (Å²) >= 11 is 0. The van der Waals surface area contributed by atoms with Crippen molar-refractivity contribution in [1.29, 1.82) is 5.26 Å². The maximum absolute atomic E-state index is 12.2. The van der Waals surface area contributed by atoms with E-state index in [-0.39, 0.29) is 11.6 Å². The van der Waals surface area contributed by atoms with E-state index in [1.54, 1.807) is 30.5 Å². The maximum Gasteiger partial charge on any atom is 0.267 e. The van der Waals surface area contributed by atoms with Crippen molar-refractivity contribution < 1.29 is 4.79 Å². The molecule has 5 nitrogen and oxygen atoms in total. The number of hydrogen-bond donors (Lipinski definition) is 3. The summed E-state index contributed by atoms with van der Waals surface area (Å²) in [5.74, 6) is 1.94. The summed E-state index contributed by atoms with van der Waals surface area (Å²) in [6.07, 6.45) is 6.88. The van der Waals surface area contributed by atoms with Crippen molar-refractivity contribution in [3.8, 4) is 6.07 Å². The molecule has 1 aromatic rings. The Morgan fingerprint density at radius 3 is 2.67 bits per heavy atom. The normalized spacial score (nSPS) is 26.7. The van der Waals surface area contributed by atoms with Crippen LogP contribution in [0.5, 0.6) is 0 Å². The monoisotopic (exact) mass is 324 g/mol. The number of fused-ring (bicyclic) bond motifs is 2. The van der Waals surface area contributed by atoms with E-state index >= 15 is 0 Å². The summed E-state index contributed by atoms with van der Waals surface area (Å²) in [4.78, 5) is 12.2. The average molecular weight is 324 g/mol. The van der Waals surface area contributed by atoms with Gasteiger partial charge < -0.3 is 16.4 Å². The number of nitrogens with zero attached hydrogens (tertiary/aromatic N) is 1. The second-order valence-corrected chi connectivity index (χ2v) is 7.04. The summed E-state index contributed by atoms with van der Waals surface area (Å²) in [6.45, 7) is 2.15. The Kier molecular flexibility index (Phi) is 4.75. The van der Waals surface area contributed by atoms with Crippen LogP contribution in [0.25, 0.3) is 0 Å². The standard InChI is InChI=1S/C19H24N4O/c1-12(18-9-13-2-3-14(18)8-13)22-11-15(10-20)19(24)23-17-6-4-16(21)5-7-17/h4-7,11-14,18,22H,2-3,8-9,21H2,1H3,(H,23,24)/b15-11-. The Morgan fingerprint density at radius 1 is 1.33 bits per heavy atom. The molecule has 0 aliphatic heterocycles. The fraction of sp³-hybridized carbons (Fsp3) is 0.474. The highest BCUT2D eigenvalue weighted by atomic mass is 16.1. The number of carbonyl (C=O) groups is 1. The zero-order valence-corrected chi connectivity index (χ0v) is 14.0. The van der Waals surface area contributed by atoms with Gasteiger partial charge in [-0.25, -0.2) is 0 Å². The number of rotatable bonds is 5. The number of nitrogens with one attached hydrogen (secondary N) is 2. The van der Waals surface area contributed by atoms with Crippen molar-refractivity contribution in [2.45, 2.75) is 38.6 Å². The quantitative estimate of drug-likeness (QED) is 0.441. The van der Waals surface area contributed by atoms with Gasteiger partial charge in [-0.15, -0.1) is 0 Å². The first kappa shape index (κ1) is 16.4. The second kappa shape index (κ2) is 6.96. The number of carbonyl (C=O) groups excluding carboxylic acids is 1. The molecule has 5 heteroatoms. The van der Waals surface area contributed by atoms with Crippen LogP contribution >= 0.6 is 0 Å². The summed E-state index contributed by atoms with van der Waals surface area (Å²) in [6, 6.07) is 9.11. The number of nitrogen functional groups attached to an aromatic ring is 1. The van der Waals surface area contributed by atoms with Crippen molar-refractivity contribution in [3.05, 3.63) is 36.0 Å². The number of anilines is 2. The van der Waals surface area contributed by atoms with Gasteiger partial charge in [-0.05, 0) is 68.2 Å². The zero-order chi connectivity index (χ0) is 17.1. The Labute approximate surface area is 142 Å². The van der Waals surface area contributed by atoms with Gasteiger partial charge in [0.1, 0.15) is 11.6 Å². The number of hydrogen-bond acceptors (Lipinski definition) is 4. The zero-order valence-electron chi connectivity index (χ0n) is 14.0. The molecule has 0 spiro atoms. The van der Waals surface area contributed by atoms with Gasteiger partial charge in [-0.2, -0.15) is 5.26 Å². The van der Waals surface area contributed by atoms with E-state index in [0.29, 0.717) is 17.3 Å². The Bertz CT molecular complexity index is 674. The minimum atomic E-state index is -0.407. The van der Waals surface area contributed by atoms with E-state index in [0.717, 1.165) is 11.8 Å². The first-order valence-electron chi connectivity index (χ1n) is 8.60. The first-order chi connectivity index (χ1) is 11.6. The summed E-state index contributed by atoms with van der Waals surface area (Å²) in [7, 11) is 0. The lowest BCUT2D eigenvalue weighted by Crippen LogP contribution is -2.33. The van der Waals surface area contributed by atoms with E-state index < -0.39 is 5.91 Å². The van der Waals surface area contributed by atoms with Crippen LogP contribution in [0.1, 0.15) is 32.6 Å². The van der Waals surface area contributed by atoms with Crippen molar-refractivity contribution in [2.75, 3.05) is 11.1 Å². The highest BCUT2D eigenvalue weighted by Gasteiger charge is 2.41. The van der Waals surface area contributed by atoms with E-state index in [4.69, 9.17) is 5.73 Å². The van der Waals surface area contributed by atoms with Crippen LogP contribution in [0, 0.1) is 29.1 Å². The van der Waals surface area contributed by atoms with Gasteiger partial charge in [0.25, 0.3) is 5.91 Å². The van der Waals surface area contributed by atoms with Gasteiger partial charge in [-0.1, -0.05) is 6.42 Å². The van der Waals surface area contributed by atoms with Crippen molar-refractivity contribution >= 4 is 17.3 Å². The molecule has 3 rings (SSSR count). The average Bonchev–Trinajstić information content (AvgIpc) is 3.20. The lowest BCUT2D eigenvalue weighted by atomic mass is 9.84. The van der Waals surface area contributed by atoms with E-state index in [2.05, 4.69) is 17.6 Å². The lowest BCUT2D eigenvalue weighted by molar-refractivity contribution is -0.112. The maximum atomic E-state index is 12.2. The third-order valence-corrected chi connectivity index (χ3v) is 5.46. The van der Waals surface area contributed by atoms with Crippen LogP contribution in [0.3, 0.4) is 0 Å². The third-order valence-electron chi connectivity index (χ3n) is 5.46. The predicted molar refractivity (Wildman–Crippen MR) is 94.7 cm³/mol. The van der Waals surface area contributed by atoms with E-state index in [1.807, 2.05) is 6.07 Å². The largest absolute Gasteiger partial charge is 0.399 e. The summed E-state index contributed by atoms with van der Waals surface area (Å²) in [5.41, 5.74) is 6.96. The lowest BCUT2D eigenvalue weighted by Gasteiger charge is -2.28. The molecule has 0 aromatic heterocycles. The fourth-order valence-corrected chi connectivity index (χ4v) is 4.16. The minimum absolute atomic E-state index is 0.0850. The van der Waals surface area contributed by atoms with Gasteiger partial charge in [0.2, 0.25) is 0 Å². The van der Waals surface area contributed by atoms with E-state index in [1.165, 1.54) is 25.7 Å². The highest BCUT2D eigenvalue weighted by molar-refractivity contribution is 6.06. The van der Waals surface area contributed by atoms with Gasteiger partial charge >= 0.3 is 0 Å². The molecule has 0 saturated heterocycles. The SMILES string of the molecule is CC(N/C=C(/C#N)C(=O)Nc1ccc(N)cc1)C1CC2CCC1C2. The molecule has 2 bridgehead atoms. The molecule has 1 amide bonds. The molecule has 2 aliphatic carbocycles. The fourth-order valence-electron chi connectivity index (χ4n) is 4.16. The van der Waals surface area contributed by atoms with Gasteiger partial charge in [0, 0.05) is 23.6 Å². The first-order valence-corrected chi connectivity index (χ1v) is 8.60. The van der Waals surface area contributed by atoms with Gasteiger partial charge in [0.15, 0.2) is 0 Å². The van der Waals surface area contributed by atoms with Crippen LogP contribution in [0.4, 0.5) is 11.4 Å². The molecule has 4 atom stereocenters. The van der Waals surface area contributed by atoms with Crippen LogP contribution in [0.15, 0.2) is 36.0 Å². The Hall–Kier alpha value is -2.48. The molecule has 24 heavy (non-hydrogen) atoms. The Morgan fingerprint density at radius 2 is 2.08 bits per heavy atom. The molecular formula is C19H24N4O.